The van der Waals surface area contributed by atoms with E-state index in [9.17, 15) is 9.36 Å². The number of carbonyl (C=O) groups is 1. The van der Waals surface area contributed by atoms with Gasteiger partial charge in [-0.15, -0.1) is 0 Å². The Morgan fingerprint density at radius 1 is 1.33 bits per heavy atom. The molecule has 1 rings (SSSR count). The second-order valence-corrected chi connectivity index (χ2v) is 3.80. The molecule has 0 aliphatic rings. The zero-order valence-electron chi connectivity index (χ0n) is 6.06. The summed E-state index contributed by atoms with van der Waals surface area (Å²) in [5, 5.41) is 2.14. The van der Waals surface area contributed by atoms with Crippen LogP contribution in [-0.2, 0) is 16.8 Å². The molecule has 0 aromatic heterocycles. The average Bonchev–Trinajstić information content (AvgIpc) is 2.05. The van der Waals surface area contributed by atoms with E-state index in [1.54, 1.807) is 30.3 Å². The van der Waals surface area contributed by atoms with E-state index >= 15 is 0 Å². The molecule has 62 valence electrons. The van der Waals surface area contributed by atoms with Crippen LogP contribution >= 0.6 is 7.15 Å². The molecule has 0 radical (unpaired) electrons. The van der Waals surface area contributed by atoms with Crippen molar-refractivity contribution in [2.24, 2.45) is 0 Å². The zero-order chi connectivity index (χ0) is 8.97. The van der Waals surface area contributed by atoms with Crippen molar-refractivity contribution in [1.29, 1.82) is 0 Å². The molecule has 0 aliphatic heterocycles. The van der Waals surface area contributed by atoms with E-state index in [0.717, 1.165) is 0 Å². The summed E-state index contributed by atoms with van der Waals surface area (Å²) in [6, 6.07) is 8.51. The summed E-state index contributed by atoms with van der Waals surface area (Å²) < 4.78 is 10.5. The van der Waals surface area contributed by atoms with E-state index in [4.69, 9.17) is 0 Å². The van der Waals surface area contributed by atoms with Gasteiger partial charge < -0.3 is 12.2 Å². The van der Waals surface area contributed by atoms with Crippen molar-refractivity contribution in [3.05, 3.63) is 35.9 Å². The van der Waals surface area contributed by atoms with Crippen LogP contribution in [-0.4, -0.2) is 5.91 Å². The topological polar surface area (TPSA) is 46.2 Å². The summed E-state index contributed by atoms with van der Waals surface area (Å²) in [6.07, 6.45) is 0. The summed E-state index contributed by atoms with van der Waals surface area (Å²) in [5.41, 5.74) is 0.464. The molecule has 3 nitrogen and oxygen atoms in total. The number of amides is 1. The van der Waals surface area contributed by atoms with Crippen molar-refractivity contribution >= 4 is 25.3 Å². The molecule has 0 aliphatic carbocycles. The smallest absolute Gasteiger partial charge is 0.328 e. The molecule has 0 saturated heterocycles. The lowest BCUT2D eigenvalue weighted by atomic mass is 10.2. The highest BCUT2D eigenvalue weighted by Gasteiger charge is 2.08. The largest absolute Gasteiger partial charge is 0.416 e. The summed E-state index contributed by atoms with van der Waals surface area (Å²) in [7, 11) is -2.03. The van der Waals surface area contributed by atoms with Gasteiger partial charge in [-0.1, -0.05) is 22.8 Å². The van der Waals surface area contributed by atoms with Crippen LogP contribution in [0.5, 0.6) is 0 Å². The van der Waals surface area contributed by atoms with Crippen LogP contribution in [0.1, 0.15) is 10.4 Å². The van der Waals surface area contributed by atoms with Crippen LogP contribution in [0.25, 0.3) is 0 Å². The Balaban J connectivity index is 2.73. The average molecular weight is 199 g/mol. The summed E-state index contributed by atoms with van der Waals surface area (Å²) in [6.45, 7) is 0. The van der Waals surface area contributed by atoms with E-state index < -0.39 is 13.1 Å². The quantitative estimate of drug-likeness (QED) is 0.581. The summed E-state index contributed by atoms with van der Waals surface area (Å²) >= 11 is 4.33. The second kappa shape index (κ2) is 4.24. The molecule has 0 bridgehead atoms. The Morgan fingerprint density at radius 2 is 1.92 bits per heavy atom. The van der Waals surface area contributed by atoms with Crippen molar-refractivity contribution in [3.8, 4) is 0 Å². The maximum Gasteiger partial charge on any atom is 0.328 e. The molecule has 1 atom stereocenters. The lowest BCUT2D eigenvalue weighted by Gasteiger charge is -1.95. The first-order chi connectivity index (χ1) is 5.70. The number of hydrogen-bond acceptors (Lipinski definition) is 3. The number of hydrogen-bond donors (Lipinski definition) is 1. The van der Waals surface area contributed by atoms with Gasteiger partial charge in [0.25, 0.3) is 5.91 Å². The van der Waals surface area contributed by atoms with E-state index in [0.29, 0.717) is 5.56 Å². The van der Waals surface area contributed by atoms with Gasteiger partial charge in [0.1, 0.15) is 0 Å². The van der Waals surface area contributed by atoms with Gasteiger partial charge in [-0.2, -0.15) is 5.09 Å². The van der Waals surface area contributed by atoms with Crippen LogP contribution in [0.4, 0.5) is 0 Å². The van der Waals surface area contributed by atoms with Crippen LogP contribution in [0, 0.1) is 0 Å². The molecule has 0 spiro atoms. The fraction of sp³-hybridized carbons (Fsp3) is 0. The molecule has 5 heteroatoms. The molecular weight excluding hydrogens is 193 g/mol. The summed E-state index contributed by atoms with van der Waals surface area (Å²) in [4.78, 5) is 11.1. The highest BCUT2D eigenvalue weighted by atomic mass is 32.7. The number of carbonyl (C=O) groups excluding carboxylic acids is 1. The van der Waals surface area contributed by atoms with Crippen molar-refractivity contribution in [2.45, 2.75) is 0 Å². The first-order valence-corrected chi connectivity index (χ1v) is 5.48. The normalized spacial score (nSPS) is 10.6. The molecule has 1 aromatic carbocycles. The minimum absolute atomic E-state index is 0.397. The number of nitrogens with one attached hydrogen (secondary N) is 1. The van der Waals surface area contributed by atoms with Gasteiger partial charge in [0.2, 0.25) is 0 Å². The molecule has 0 fully saturated rings. The van der Waals surface area contributed by atoms with Crippen LogP contribution in [0.2, 0.25) is 0 Å². The first kappa shape index (κ1) is 9.23. The molecule has 1 N–H and O–H groups in total. The lowest BCUT2D eigenvalue weighted by Crippen LogP contribution is -2.14. The monoisotopic (exact) mass is 199 g/mol. The van der Waals surface area contributed by atoms with E-state index in [1.807, 2.05) is 0 Å². The van der Waals surface area contributed by atoms with Gasteiger partial charge in [-0.25, -0.2) is 0 Å². The van der Waals surface area contributed by atoms with Crippen molar-refractivity contribution < 1.29 is 9.36 Å². The maximum atomic E-state index is 11.1. The molecule has 0 heterocycles. The number of rotatable bonds is 2. The van der Waals surface area contributed by atoms with E-state index in [1.165, 1.54) is 0 Å². The van der Waals surface area contributed by atoms with Crippen molar-refractivity contribution in [2.75, 3.05) is 0 Å². The SMILES string of the molecule is O=C(N[P+](=O)[S-])c1ccccc1. The molecule has 12 heavy (non-hydrogen) atoms. The fourth-order valence-electron chi connectivity index (χ4n) is 0.737. The maximum absolute atomic E-state index is 11.1. The van der Waals surface area contributed by atoms with Gasteiger partial charge in [0, 0.05) is 5.56 Å². The second-order valence-electron chi connectivity index (χ2n) is 2.06. The van der Waals surface area contributed by atoms with Crippen molar-refractivity contribution in [3.63, 3.8) is 0 Å². The lowest BCUT2D eigenvalue weighted by molar-refractivity contribution is 0.0982. The molecule has 1 aromatic rings. The Hall–Kier alpha value is -0.860. The third-order valence-electron chi connectivity index (χ3n) is 1.23. The van der Waals surface area contributed by atoms with Crippen LogP contribution in [0.3, 0.4) is 0 Å². The molecule has 1 amide bonds. The minimum atomic E-state index is -2.03. The van der Waals surface area contributed by atoms with E-state index in [-0.39, 0.29) is 0 Å². The Kier molecular flexibility index (Phi) is 3.26. The third kappa shape index (κ3) is 2.64. The Bertz CT molecular complexity index is 302. The van der Waals surface area contributed by atoms with Gasteiger partial charge in [0.05, 0.1) is 0 Å². The number of benzene rings is 1. The highest BCUT2D eigenvalue weighted by molar-refractivity contribution is 8.27. The van der Waals surface area contributed by atoms with Crippen LogP contribution < -0.4 is 5.09 Å². The molecule has 1 unspecified atom stereocenters. The summed E-state index contributed by atoms with van der Waals surface area (Å²) in [5.74, 6) is -0.397. The van der Waals surface area contributed by atoms with E-state index in [2.05, 4.69) is 17.3 Å². The van der Waals surface area contributed by atoms with Crippen molar-refractivity contribution in [1.82, 2.24) is 5.09 Å². The zero-order valence-corrected chi connectivity index (χ0v) is 7.77. The molecule has 0 saturated carbocycles. The Morgan fingerprint density at radius 3 is 2.42 bits per heavy atom. The minimum Gasteiger partial charge on any atom is -0.416 e. The predicted octanol–water partition coefficient (Wildman–Crippen LogP) is 1.62. The third-order valence-corrected chi connectivity index (χ3v) is 1.89. The Labute approximate surface area is 76.2 Å². The standard InChI is InChI=1S/C7H6NO2PS/c9-7(8-11(10)12)6-4-2-1-3-5-6/h1-5H,(H,8,9,10,12). The van der Waals surface area contributed by atoms with Gasteiger partial charge in [0.15, 0.2) is 0 Å². The first-order valence-electron chi connectivity index (χ1n) is 3.20. The predicted molar refractivity (Wildman–Crippen MR) is 48.9 cm³/mol. The fourth-order valence-corrected chi connectivity index (χ4v) is 1.28. The van der Waals surface area contributed by atoms with Gasteiger partial charge in [-0.3, -0.25) is 4.79 Å². The van der Waals surface area contributed by atoms with Gasteiger partial charge in [-0.05, 0) is 12.1 Å². The highest BCUT2D eigenvalue weighted by Crippen LogP contribution is 2.10. The van der Waals surface area contributed by atoms with Gasteiger partial charge >= 0.3 is 7.15 Å². The molecular formula is C7H6NO2PS. The van der Waals surface area contributed by atoms with Crippen LogP contribution in [0.15, 0.2) is 30.3 Å².